The van der Waals surface area contributed by atoms with E-state index in [-0.39, 0.29) is 11.2 Å². The number of benzene rings is 1. The SMILES string of the molecule is O=C(NO)C(c1ccc(-c2ccncc2)cc1)[SH]1C=CC=C1. The van der Waals surface area contributed by atoms with Gasteiger partial charge in [0.15, 0.2) is 0 Å². The Morgan fingerprint density at radius 2 is 1.59 bits per heavy atom. The molecule has 1 amide bonds. The van der Waals surface area contributed by atoms with E-state index in [1.54, 1.807) is 17.9 Å². The summed E-state index contributed by atoms with van der Waals surface area (Å²) in [6.07, 6.45) is 7.38. The monoisotopic (exact) mass is 312 g/mol. The van der Waals surface area contributed by atoms with Gasteiger partial charge < -0.3 is 0 Å². The quantitative estimate of drug-likeness (QED) is 0.461. The molecule has 0 spiro atoms. The van der Waals surface area contributed by atoms with Crippen molar-refractivity contribution in [1.82, 2.24) is 10.5 Å². The summed E-state index contributed by atoms with van der Waals surface area (Å²) >= 11 is 0. The molecule has 0 saturated heterocycles. The molecule has 0 radical (unpaired) electrons. The first kappa shape index (κ1) is 14.6. The fourth-order valence-corrected chi connectivity index (χ4v) is 4.33. The lowest BCUT2D eigenvalue weighted by Crippen LogP contribution is -2.25. The third kappa shape index (κ3) is 2.95. The van der Waals surface area contributed by atoms with E-state index in [2.05, 4.69) is 4.98 Å². The zero-order chi connectivity index (χ0) is 15.4. The number of rotatable bonds is 4. The maximum atomic E-state index is 12.0. The molecule has 1 aromatic heterocycles. The topological polar surface area (TPSA) is 62.2 Å². The standard InChI is InChI=1S/C17H16N2O2S/c20-17(19-21)16(22-11-1-2-12-22)15-5-3-13(4-6-15)14-7-9-18-10-8-14/h1-12,16,21-22H,(H,19,20). The van der Waals surface area contributed by atoms with Gasteiger partial charge in [-0.2, -0.15) is 10.9 Å². The first-order valence-corrected chi connectivity index (χ1v) is 8.41. The van der Waals surface area contributed by atoms with Crippen molar-refractivity contribution >= 4 is 16.8 Å². The molecule has 112 valence electrons. The van der Waals surface area contributed by atoms with Gasteiger partial charge in [0.2, 0.25) is 0 Å². The molecule has 0 fully saturated rings. The Hall–Kier alpha value is -2.37. The summed E-state index contributed by atoms with van der Waals surface area (Å²) in [5.74, 6) is -0.376. The number of carbonyl (C=O) groups excluding carboxylic acids is 1. The van der Waals surface area contributed by atoms with Gasteiger partial charge in [0, 0.05) is 12.4 Å². The number of pyridine rings is 1. The predicted molar refractivity (Wildman–Crippen MR) is 89.6 cm³/mol. The van der Waals surface area contributed by atoms with Crippen molar-refractivity contribution in [3.8, 4) is 11.1 Å². The molecule has 0 saturated carbocycles. The number of amides is 1. The fraction of sp³-hybridized carbons (Fsp3) is 0.0588. The average molecular weight is 312 g/mol. The summed E-state index contributed by atoms with van der Waals surface area (Å²) in [6, 6.07) is 11.7. The number of thiol groups is 1. The lowest BCUT2D eigenvalue weighted by Gasteiger charge is -2.22. The maximum Gasteiger partial charge on any atom is 0.259 e. The number of nitrogens with one attached hydrogen (secondary N) is 1. The second kappa shape index (κ2) is 6.60. The second-order valence-electron chi connectivity index (χ2n) is 4.87. The van der Waals surface area contributed by atoms with Crippen LogP contribution in [0.2, 0.25) is 0 Å². The molecule has 0 aliphatic carbocycles. The normalized spacial score (nSPS) is 15.8. The van der Waals surface area contributed by atoms with Crippen molar-refractivity contribution in [3.05, 3.63) is 77.3 Å². The number of hydrogen-bond donors (Lipinski definition) is 3. The lowest BCUT2D eigenvalue weighted by atomic mass is 10.0. The number of allylic oxidation sites excluding steroid dienone is 2. The summed E-state index contributed by atoms with van der Waals surface area (Å²) in [6.45, 7) is 0. The second-order valence-corrected chi connectivity index (χ2v) is 6.87. The van der Waals surface area contributed by atoms with Gasteiger partial charge in [0.05, 0.1) is 5.25 Å². The van der Waals surface area contributed by atoms with Crippen molar-refractivity contribution in [2.45, 2.75) is 5.25 Å². The van der Waals surface area contributed by atoms with Crippen LogP contribution in [-0.2, 0) is 4.79 Å². The van der Waals surface area contributed by atoms with Gasteiger partial charge in [0.25, 0.3) is 5.91 Å². The molecule has 1 aliphatic rings. The Bertz CT molecular complexity index is 699. The minimum Gasteiger partial charge on any atom is -0.289 e. The maximum absolute atomic E-state index is 12.0. The van der Waals surface area contributed by atoms with Gasteiger partial charge in [-0.3, -0.25) is 15.0 Å². The van der Waals surface area contributed by atoms with E-state index in [4.69, 9.17) is 5.21 Å². The summed E-state index contributed by atoms with van der Waals surface area (Å²) in [4.78, 5) is 16.0. The number of aromatic nitrogens is 1. The highest BCUT2D eigenvalue weighted by molar-refractivity contribution is 8.23. The van der Waals surface area contributed by atoms with Gasteiger partial charge in [-0.1, -0.05) is 36.4 Å². The van der Waals surface area contributed by atoms with Crippen LogP contribution < -0.4 is 5.48 Å². The van der Waals surface area contributed by atoms with Crippen LogP contribution in [0.4, 0.5) is 0 Å². The summed E-state index contributed by atoms with van der Waals surface area (Å²) in [5.41, 5.74) is 4.83. The average Bonchev–Trinajstić information content (AvgIpc) is 3.10. The number of hydrogen-bond acceptors (Lipinski definition) is 3. The van der Waals surface area contributed by atoms with Crippen LogP contribution in [0.15, 0.2) is 71.8 Å². The Labute approximate surface area is 131 Å². The molecular weight excluding hydrogens is 296 g/mol. The largest absolute Gasteiger partial charge is 0.289 e. The Morgan fingerprint density at radius 3 is 2.18 bits per heavy atom. The van der Waals surface area contributed by atoms with Crippen LogP contribution >= 0.6 is 10.9 Å². The highest BCUT2D eigenvalue weighted by atomic mass is 32.2. The molecule has 1 aliphatic heterocycles. The van der Waals surface area contributed by atoms with E-state index in [0.29, 0.717) is 0 Å². The van der Waals surface area contributed by atoms with Crippen molar-refractivity contribution in [1.29, 1.82) is 0 Å². The zero-order valence-corrected chi connectivity index (χ0v) is 12.6. The van der Waals surface area contributed by atoms with Gasteiger partial charge in [0.1, 0.15) is 0 Å². The molecule has 0 bridgehead atoms. The van der Waals surface area contributed by atoms with Crippen LogP contribution in [0.5, 0.6) is 0 Å². The molecule has 1 atom stereocenters. The van der Waals surface area contributed by atoms with Gasteiger partial charge >= 0.3 is 0 Å². The molecule has 2 heterocycles. The third-order valence-corrected chi connectivity index (χ3v) is 5.69. The van der Waals surface area contributed by atoms with Crippen LogP contribution in [0.3, 0.4) is 0 Å². The van der Waals surface area contributed by atoms with E-state index < -0.39 is 10.9 Å². The molecule has 5 heteroatoms. The highest BCUT2D eigenvalue weighted by Crippen LogP contribution is 2.48. The molecule has 4 nitrogen and oxygen atoms in total. The highest BCUT2D eigenvalue weighted by Gasteiger charge is 2.25. The fourth-order valence-electron chi connectivity index (χ4n) is 2.44. The van der Waals surface area contributed by atoms with E-state index in [1.165, 1.54) is 0 Å². The molecule has 1 aromatic carbocycles. The van der Waals surface area contributed by atoms with Crippen molar-refractivity contribution < 1.29 is 10.0 Å². The smallest absolute Gasteiger partial charge is 0.259 e. The van der Waals surface area contributed by atoms with Crippen molar-refractivity contribution in [2.24, 2.45) is 0 Å². The first-order chi connectivity index (χ1) is 10.8. The van der Waals surface area contributed by atoms with Crippen molar-refractivity contribution in [2.75, 3.05) is 0 Å². The van der Waals surface area contributed by atoms with E-state index in [1.807, 2.05) is 59.4 Å². The lowest BCUT2D eigenvalue weighted by molar-refractivity contribution is -0.128. The minimum absolute atomic E-state index is 0.374. The molecule has 22 heavy (non-hydrogen) atoms. The summed E-state index contributed by atoms with van der Waals surface area (Å²) < 4.78 is 0. The van der Waals surface area contributed by atoms with E-state index in [9.17, 15) is 4.79 Å². The van der Waals surface area contributed by atoms with E-state index in [0.717, 1.165) is 16.7 Å². The van der Waals surface area contributed by atoms with Gasteiger partial charge in [-0.05, 0) is 39.6 Å². The van der Waals surface area contributed by atoms with Crippen LogP contribution in [0, 0.1) is 0 Å². The van der Waals surface area contributed by atoms with Gasteiger partial charge in [-0.25, -0.2) is 5.48 Å². The Kier molecular flexibility index (Phi) is 4.37. The van der Waals surface area contributed by atoms with Crippen LogP contribution in [0.1, 0.15) is 10.8 Å². The number of nitrogens with zero attached hydrogens (tertiary/aromatic N) is 1. The Morgan fingerprint density at radius 1 is 1.00 bits per heavy atom. The third-order valence-electron chi connectivity index (χ3n) is 3.52. The number of carbonyl (C=O) groups is 1. The summed E-state index contributed by atoms with van der Waals surface area (Å²) in [5, 5.41) is 12.7. The minimum atomic E-state index is -0.737. The van der Waals surface area contributed by atoms with Gasteiger partial charge in [-0.15, -0.1) is 0 Å². The first-order valence-electron chi connectivity index (χ1n) is 6.86. The molecule has 2 aromatic rings. The molecular formula is C17H16N2O2S. The van der Waals surface area contributed by atoms with Crippen molar-refractivity contribution in [3.63, 3.8) is 0 Å². The van der Waals surface area contributed by atoms with E-state index >= 15 is 0 Å². The van der Waals surface area contributed by atoms with Crippen LogP contribution in [-0.4, -0.2) is 16.1 Å². The molecule has 3 rings (SSSR count). The molecule has 2 N–H and O–H groups in total. The summed E-state index contributed by atoms with van der Waals surface area (Å²) in [7, 11) is -0.737. The predicted octanol–water partition coefficient (Wildman–Crippen LogP) is 3.34. The molecule has 1 unspecified atom stereocenters. The Balaban J connectivity index is 1.91. The van der Waals surface area contributed by atoms with Crippen LogP contribution in [0.25, 0.3) is 11.1 Å². The number of hydroxylamine groups is 1. The zero-order valence-electron chi connectivity index (χ0n) is 11.8.